The van der Waals surface area contributed by atoms with E-state index in [0.29, 0.717) is 28.3 Å². The van der Waals surface area contributed by atoms with Gasteiger partial charge in [-0.15, -0.1) is 0 Å². The number of rotatable bonds is 6. The van der Waals surface area contributed by atoms with Gasteiger partial charge in [0.2, 0.25) is 0 Å². The summed E-state index contributed by atoms with van der Waals surface area (Å²) in [5, 5.41) is 5.57. The number of ether oxygens (including phenoxy) is 1. The number of anilines is 2. The number of benzene rings is 2. The summed E-state index contributed by atoms with van der Waals surface area (Å²) in [4.78, 5) is 29.2. The summed E-state index contributed by atoms with van der Waals surface area (Å²) in [6.07, 6.45) is 3.24. The van der Waals surface area contributed by atoms with Crippen LogP contribution in [0.4, 0.5) is 11.4 Å². The van der Waals surface area contributed by atoms with Gasteiger partial charge in [-0.2, -0.15) is 0 Å². The number of carbonyl (C=O) groups excluding carboxylic acids is 2. The molecule has 0 saturated heterocycles. The van der Waals surface area contributed by atoms with Gasteiger partial charge in [0.05, 0.1) is 29.2 Å². The topological polar surface area (TPSA) is 80.3 Å². The van der Waals surface area contributed by atoms with Gasteiger partial charge in [-0.1, -0.05) is 12.1 Å². The summed E-state index contributed by atoms with van der Waals surface area (Å²) in [5.41, 5.74) is 1.84. The van der Waals surface area contributed by atoms with Crippen molar-refractivity contribution in [3.05, 3.63) is 84.2 Å². The first-order valence-electron chi connectivity index (χ1n) is 8.91. The maximum Gasteiger partial charge on any atom is 0.257 e. The van der Waals surface area contributed by atoms with Gasteiger partial charge in [0.15, 0.2) is 0 Å². The van der Waals surface area contributed by atoms with Crippen molar-refractivity contribution in [1.29, 1.82) is 0 Å². The van der Waals surface area contributed by atoms with E-state index in [1.54, 1.807) is 73.1 Å². The molecule has 0 spiro atoms. The van der Waals surface area contributed by atoms with Crippen LogP contribution in [0.2, 0.25) is 0 Å². The zero-order valence-electron chi connectivity index (χ0n) is 15.7. The molecule has 1 heterocycles. The van der Waals surface area contributed by atoms with Gasteiger partial charge in [-0.3, -0.25) is 14.6 Å². The highest BCUT2D eigenvalue weighted by Gasteiger charge is 2.14. The molecule has 3 rings (SSSR count). The van der Waals surface area contributed by atoms with Crippen LogP contribution < -0.4 is 15.4 Å². The molecule has 2 N–H and O–H groups in total. The van der Waals surface area contributed by atoms with Crippen LogP contribution in [-0.4, -0.2) is 22.9 Å². The molecule has 0 atom stereocenters. The largest absolute Gasteiger partial charge is 0.491 e. The first-order chi connectivity index (χ1) is 13.5. The van der Waals surface area contributed by atoms with Crippen molar-refractivity contribution in [2.45, 2.75) is 20.0 Å². The number of amides is 2. The Morgan fingerprint density at radius 3 is 2.32 bits per heavy atom. The van der Waals surface area contributed by atoms with Crippen LogP contribution in [0.3, 0.4) is 0 Å². The lowest BCUT2D eigenvalue weighted by molar-refractivity contribution is 0.102. The van der Waals surface area contributed by atoms with Crippen molar-refractivity contribution in [3.8, 4) is 5.75 Å². The van der Waals surface area contributed by atoms with Crippen LogP contribution in [-0.2, 0) is 0 Å². The summed E-state index contributed by atoms with van der Waals surface area (Å²) in [7, 11) is 0. The Morgan fingerprint density at radius 2 is 1.64 bits per heavy atom. The Balaban J connectivity index is 1.74. The number of para-hydroxylation sites is 1. The molecule has 6 nitrogen and oxygen atoms in total. The molecule has 2 aromatic carbocycles. The molecular formula is C22H21N3O3. The van der Waals surface area contributed by atoms with E-state index in [0.717, 1.165) is 0 Å². The van der Waals surface area contributed by atoms with Gasteiger partial charge >= 0.3 is 0 Å². The van der Waals surface area contributed by atoms with E-state index in [1.165, 1.54) is 0 Å². The minimum absolute atomic E-state index is 0.0601. The average Bonchev–Trinajstić information content (AvgIpc) is 2.69. The van der Waals surface area contributed by atoms with Crippen molar-refractivity contribution < 1.29 is 14.3 Å². The first-order valence-corrected chi connectivity index (χ1v) is 8.91. The Hall–Kier alpha value is -3.67. The molecule has 142 valence electrons. The number of nitrogens with one attached hydrogen (secondary N) is 2. The molecule has 1 aromatic heterocycles. The molecule has 0 bridgehead atoms. The second-order valence-electron chi connectivity index (χ2n) is 6.39. The maximum atomic E-state index is 12.6. The lowest BCUT2D eigenvalue weighted by atomic mass is 10.1. The number of pyridine rings is 1. The van der Waals surface area contributed by atoms with Crippen molar-refractivity contribution in [2.75, 3.05) is 10.6 Å². The van der Waals surface area contributed by atoms with Crippen molar-refractivity contribution in [1.82, 2.24) is 4.98 Å². The summed E-state index contributed by atoms with van der Waals surface area (Å²) >= 11 is 0. The van der Waals surface area contributed by atoms with Gasteiger partial charge < -0.3 is 15.4 Å². The Labute approximate surface area is 163 Å². The zero-order valence-corrected chi connectivity index (χ0v) is 15.7. The van der Waals surface area contributed by atoms with E-state index in [4.69, 9.17) is 4.74 Å². The van der Waals surface area contributed by atoms with E-state index in [9.17, 15) is 9.59 Å². The fraction of sp³-hybridized carbons (Fsp3) is 0.136. The Kier molecular flexibility index (Phi) is 6.01. The Morgan fingerprint density at radius 1 is 0.893 bits per heavy atom. The van der Waals surface area contributed by atoms with E-state index < -0.39 is 0 Å². The van der Waals surface area contributed by atoms with Gasteiger partial charge in [0.1, 0.15) is 5.75 Å². The predicted octanol–water partition coefficient (Wildman–Crippen LogP) is 4.37. The molecule has 0 aliphatic heterocycles. The molecule has 2 amide bonds. The molecule has 3 aromatic rings. The number of aromatic nitrogens is 1. The molecule has 0 aliphatic carbocycles. The molecule has 28 heavy (non-hydrogen) atoms. The van der Waals surface area contributed by atoms with Crippen LogP contribution in [0.25, 0.3) is 0 Å². The van der Waals surface area contributed by atoms with Crippen LogP contribution in [0.1, 0.15) is 34.6 Å². The van der Waals surface area contributed by atoms with Gasteiger partial charge in [-0.05, 0) is 62.4 Å². The molecule has 0 radical (unpaired) electrons. The molecular weight excluding hydrogens is 354 g/mol. The lowest BCUT2D eigenvalue weighted by Gasteiger charge is -2.12. The normalized spacial score (nSPS) is 10.4. The number of hydrogen-bond acceptors (Lipinski definition) is 4. The van der Waals surface area contributed by atoms with Crippen LogP contribution in [0.5, 0.6) is 5.75 Å². The molecule has 0 fully saturated rings. The number of nitrogens with zero attached hydrogens (tertiary/aromatic N) is 1. The smallest absolute Gasteiger partial charge is 0.257 e. The summed E-state index contributed by atoms with van der Waals surface area (Å²) in [6.45, 7) is 3.88. The molecule has 6 heteroatoms. The van der Waals surface area contributed by atoms with Crippen LogP contribution in [0, 0.1) is 0 Å². The second-order valence-corrected chi connectivity index (χ2v) is 6.39. The third-order valence-corrected chi connectivity index (χ3v) is 3.83. The van der Waals surface area contributed by atoms with E-state index in [2.05, 4.69) is 15.6 Å². The summed E-state index contributed by atoms with van der Waals surface area (Å²) < 4.78 is 5.58. The standard InChI is InChI=1S/C22H21N3O3/c1-15(2)28-18-11-9-16(10-12-18)21(26)25-20-8-4-3-7-19(20)22(27)24-17-6-5-13-23-14-17/h3-15H,1-2H3,(H,24,27)(H,25,26). The van der Waals surface area contributed by atoms with Crippen LogP contribution in [0.15, 0.2) is 73.1 Å². The van der Waals surface area contributed by atoms with E-state index in [-0.39, 0.29) is 17.9 Å². The van der Waals surface area contributed by atoms with Crippen molar-refractivity contribution in [3.63, 3.8) is 0 Å². The third kappa shape index (κ3) is 4.94. The summed E-state index contributed by atoms with van der Waals surface area (Å²) in [6, 6.07) is 17.2. The number of hydrogen-bond donors (Lipinski definition) is 2. The predicted molar refractivity (Wildman–Crippen MR) is 109 cm³/mol. The quantitative estimate of drug-likeness (QED) is 0.670. The minimum Gasteiger partial charge on any atom is -0.491 e. The zero-order chi connectivity index (χ0) is 19.9. The van der Waals surface area contributed by atoms with Gasteiger partial charge in [0, 0.05) is 11.8 Å². The van der Waals surface area contributed by atoms with Gasteiger partial charge in [-0.25, -0.2) is 0 Å². The van der Waals surface area contributed by atoms with E-state index >= 15 is 0 Å². The highest BCUT2D eigenvalue weighted by atomic mass is 16.5. The molecule has 0 aliphatic rings. The molecule has 0 unspecified atom stereocenters. The Bertz CT molecular complexity index is 954. The first kappa shape index (κ1) is 19.1. The SMILES string of the molecule is CC(C)Oc1ccc(C(=O)Nc2ccccc2C(=O)Nc2cccnc2)cc1. The lowest BCUT2D eigenvalue weighted by Crippen LogP contribution is -2.18. The van der Waals surface area contributed by atoms with Crippen LogP contribution >= 0.6 is 0 Å². The highest BCUT2D eigenvalue weighted by molar-refractivity contribution is 6.12. The van der Waals surface area contributed by atoms with Crippen molar-refractivity contribution in [2.24, 2.45) is 0 Å². The fourth-order valence-corrected chi connectivity index (χ4v) is 2.58. The molecule has 0 saturated carbocycles. The third-order valence-electron chi connectivity index (χ3n) is 3.83. The second kappa shape index (κ2) is 8.81. The summed E-state index contributed by atoms with van der Waals surface area (Å²) in [5.74, 6) is 0.0603. The fourth-order valence-electron chi connectivity index (χ4n) is 2.58. The minimum atomic E-state index is -0.329. The van der Waals surface area contributed by atoms with Crippen molar-refractivity contribution >= 4 is 23.2 Å². The maximum absolute atomic E-state index is 12.6. The highest BCUT2D eigenvalue weighted by Crippen LogP contribution is 2.19. The number of carbonyl (C=O) groups is 2. The van der Waals surface area contributed by atoms with E-state index in [1.807, 2.05) is 13.8 Å². The van der Waals surface area contributed by atoms with Gasteiger partial charge in [0.25, 0.3) is 11.8 Å². The average molecular weight is 375 g/mol. The monoisotopic (exact) mass is 375 g/mol.